The van der Waals surface area contributed by atoms with Crippen LogP contribution >= 0.6 is 0 Å². The minimum absolute atomic E-state index is 0.768. The molecule has 0 bridgehead atoms. The van der Waals surface area contributed by atoms with Crippen LogP contribution in [-0.4, -0.2) is 14.2 Å². The molecule has 0 radical (unpaired) electrons. The SMILES string of the molecule is C=CCc1cc(OC)c2ccccc2c1OC. The third kappa shape index (κ3) is 1.98. The Bertz CT molecular complexity index is 544. The zero-order valence-corrected chi connectivity index (χ0v) is 10.2. The van der Waals surface area contributed by atoms with E-state index >= 15 is 0 Å². The molecule has 0 N–H and O–H groups in total. The third-order valence-electron chi connectivity index (χ3n) is 2.82. The Kier molecular flexibility index (Phi) is 3.33. The highest BCUT2D eigenvalue weighted by molar-refractivity contribution is 5.94. The molecule has 0 aromatic heterocycles. The van der Waals surface area contributed by atoms with Gasteiger partial charge >= 0.3 is 0 Å². The molecule has 0 aliphatic carbocycles. The smallest absolute Gasteiger partial charge is 0.130 e. The number of rotatable bonds is 4. The first-order valence-electron chi connectivity index (χ1n) is 5.55. The second kappa shape index (κ2) is 4.91. The summed E-state index contributed by atoms with van der Waals surface area (Å²) in [6.07, 6.45) is 2.64. The van der Waals surface area contributed by atoms with Crippen molar-refractivity contribution in [3.05, 3.63) is 48.6 Å². The van der Waals surface area contributed by atoms with E-state index in [0.29, 0.717) is 0 Å². The molecule has 2 aromatic rings. The number of ether oxygens (including phenoxy) is 2. The summed E-state index contributed by atoms with van der Waals surface area (Å²) in [4.78, 5) is 0. The van der Waals surface area contributed by atoms with Crippen LogP contribution in [0.25, 0.3) is 10.8 Å². The summed E-state index contributed by atoms with van der Waals surface area (Å²) in [7, 11) is 3.38. The molecule has 0 heterocycles. The van der Waals surface area contributed by atoms with Crippen LogP contribution in [0.4, 0.5) is 0 Å². The molecule has 0 atom stereocenters. The lowest BCUT2D eigenvalue weighted by Crippen LogP contribution is -1.95. The summed E-state index contributed by atoms with van der Waals surface area (Å²) in [6, 6.07) is 10.1. The second-order valence-corrected chi connectivity index (χ2v) is 3.81. The number of fused-ring (bicyclic) bond motifs is 1. The Hall–Kier alpha value is -1.96. The van der Waals surface area contributed by atoms with E-state index in [0.717, 1.165) is 34.3 Å². The normalized spacial score (nSPS) is 10.2. The average Bonchev–Trinajstić information content (AvgIpc) is 2.38. The van der Waals surface area contributed by atoms with E-state index in [2.05, 4.69) is 6.58 Å². The Balaban J connectivity index is 2.78. The zero-order valence-electron chi connectivity index (χ0n) is 10.2. The Morgan fingerprint density at radius 3 is 2.41 bits per heavy atom. The number of hydrogen-bond acceptors (Lipinski definition) is 2. The van der Waals surface area contributed by atoms with E-state index in [4.69, 9.17) is 9.47 Å². The quantitative estimate of drug-likeness (QED) is 0.744. The van der Waals surface area contributed by atoms with Crippen LogP contribution in [0, 0.1) is 0 Å². The highest BCUT2D eigenvalue weighted by atomic mass is 16.5. The van der Waals surface area contributed by atoms with Crippen LogP contribution in [-0.2, 0) is 6.42 Å². The van der Waals surface area contributed by atoms with Gasteiger partial charge in [0, 0.05) is 16.3 Å². The first-order valence-corrected chi connectivity index (χ1v) is 5.55. The van der Waals surface area contributed by atoms with Gasteiger partial charge in [-0.15, -0.1) is 6.58 Å². The summed E-state index contributed by atoms with van der Waals surface area (Å²) in [5.74, 6) is 1.78. The average molecular weight is 228 g/mol. The van der Waals surface area contributed by atoms with E-state index in [1.807, 2.05) is 36.4 Å². The predicted molar refractivity (Wildman–Crippen MR) is 71.0 cm³/mol. The molecule has 17 heavy (non-hydrogen) atoms. The van der Waals surface area contributed by atoms with Gasteiger partial charge < -0.3 is 9.47 Å². The van der Waals surface area contributed by atoms with Crippen molar-refractivity contribution in [2.75, 3.05) is 14.2 Å². The molecule has 0 saturated carbocycles. The fourth-order valence-electron chi connectivity index (χ4n) is 2.09. The van der Waals surface area contributed by atoms with Crippen LogP contribution in [0.2, 0.25) is 0 Å². The van der Waals surface area contributed by atoms with E-state index < -0.39 is 0 Å². The minimum atomic E-state index is 0.768. The molecule has 2 aromatic carbocycles. The van der Waals surface area contributed by atoms with Crippen LogP contribution in [0.5, 0.6) is 11.5 Å². The Labute approximate surface area is 101 Å². The number of hydrogen-bond donors (Lipinski definition) is 0. The molecule has 0 spiro atoms. The summed E-state index contributed by atoms with van der Waals surface area (Å²) >= 11 is 0. The number of benzene rings is 2. The molecular formula is C15H16O2. The summed E-state index contributed by atoms with van der Waals surface area (Å²) in [5.41, 5.74) is 1.10. The largest absolute Gasteiger partial charge is 0.496 e. The first kappa shape index (κ1) is 11.5. The van der Waals surface area contributed by atoms with Crippen molar-refractivity contribution in [3.63, 3.8) is 0 Å². The van der Waals surface area contributed by atoms with Crippen LogP contribution in [0.3, 0.4) is 0 Å². The maximum atomic E-state index is 5.51. The molecule has 2 rings (SSSR count). The van der Waals surface area contributed by atoms with E-state index in [1.54, 1.807) is 14.2 Å². The molecule has 0 aliphatic rings. The van der Waals surface area contributed by atoms with E-state index in [-0.39, 0.29) is 0 Å². The van der Waals surface area contributed by atoms with E-state index in [1.165, 1.54) is 0 Å². The molecule has 2 heteroatoms. The van der Waals surface area contributed by atoms with Gasteiger partial charge in [0.1, 0.15) is 11.5 Å². The van der Waals surface area contributed by atoms with Crippen molar-refractivity contribution >= 4 is 10.8 Å². The Morgan fingerprint density at radius 1 is 1.12 bits per heavy atom. The van der Waals surface area contributed by atoms with Crippen molar-refractivity contribution in [2.24, 2.45) is 0 Å². The highest BCUT2D eigenvalue weighted by Gasteiger charge is 2.11. The van der Waals surface area contributed by atoms with Crippen LogP contribution < -0.4 is 9.47 Å². The van der Waals surface area contributed by atoms with Crippen LogP contribution in [0.1, 0.15) is 5.56 Å². The van der Waals surface area contributed by atoms with Gasteiger partial charge in [-0.05, 0) is 12.5 Å². The molecule has 0 saturated heterocycles. The van der Waals surface area contributed by atoms with Crippen molar-refractivity contribution in [3.8, 4) is 11.5 Å². The van der Waals surface area contributed by atoms with Gasteiger partial charge in [-0.1, -0.05) is 30.3 Å². The maximum Gasteiger partial charge on any atom is 0.130 e. The lowest BCUT2D eigenvalue weighted by atomic mass is 10.0. The van der Waals surface area contributed by atoms with Gasteiger partial charge in [0.25, 0.3) is 0 Å². The standard InChI is InChI=1S/C15H16O2/c1-4-7-11-10-14(16-2)12-8-5-6-9-13(12)15(11)17-3/h4-6,8-10H,1,7H2,2-3H3. The summed E-state index contributed by atoms with van der Waals surface area (Å²) < 4.78 is 10.9. The molecular weight excluding hydrogens is 212 g/mol. The van der Waals surface area contributed by atoms with Gasteiger partial charge in [-0.25, -0.2) is 0 Å². The summed E-state index contributed by atoms with van der Waals surface area (Å²) in [5, 5.41) is 2.14. The van der Waals surface area contributed by atoms with Crippen molar-refractivity contribution in [1.82, 2.24) is 0 Å². The molecule has 0 fully saturated rings. The predicted octanol–water partition coefficient (Wildman–Crippen LogP) is 3.59. The fourth-order valence-corrected chi connectivity index (χ4v) is 2.09. The van der Waals surface area contributed by atoms with Gasteiger partial charge in [0.15, 0.2) is 0 Å². The van der Waals surface area contributed by atoms with Crippen molar-refractivity contribution in [1.29, 1.82) is 0 Å². The van der Waals surface area contributed by atoms with Crippen molar-refractivity contribution in [2.45, 2.75) is 6.42 Å². The van der Waals surface area contributed by atoms with Gasteiger partial charge in [-0.3, -0.25) is 0 Å². The minimum Gasteiger partial charge on any atom is -0.496 e. The zero-order chi connectivity index (χ0) is 12.3. The first-order chi connectivity index (χ1) is 8.31. The number of allylic oxidation sites excluding steroid dienone is 1. The lowest BCUT2D eigenvalue weighted by Gasteiger charge is -2.14. The summed E-state index contributed by atoms with van der Waals surface area (Å²) in [6.45, 7) is 3.77. The van der Waals surface area contributed by atoms with Gasteiger partial charge in [-0.2, -0.15) is 0 Å². The fraction of sp³-hybridized carbons (Fsp3) is 0.200. The topological polar surface area (TPSA) is 18.5 Å². The monoisotopic (exact) mass is 228 g/mol. The molecule has 0 amide bonds. The molecule has 2 nitrogen and oxygen atoms in total. The third-order valence-corrected chi connectivity index (χ3v) is 2.82. The lowest BCUT2D eigenvalue weighted by molar-refractivity contribution is 0.407. The number of methoxy groups -OCH3 is 2. The maximum absolute atomic E-state index is 5.51. The molecule has 0 aliphatic heterocycles. The van der Waals surface area contributed by atoms with Crippen LogP contribution in [0.15, 0.2) is 43.0 Å². The molecule has 88 valence electrons. The highest BCUT2D eigenvalue weighted by Crippen LogP contribution is 2.36. The Morgan fingerprint density at radius 2 is 1.82 bits per heavy atom. The molecule has 0 unspecified atom stereocenters. The van der Waals surface area contributed by atoms with Gasteiger partial charge in [0.2, 0.25) is 0 Å². The van der Waals surface area contributed by atoms with Crippen molar-refractivity contribution < 1.29 is 9.47 Å². The van der Waals surface area contributed by atoms with Gasteiger partial charge in [0.05, 0.1) is 14.2 Å². The van der Waals surface area contributed by atoms with E-state index in [9.17, 15) is 0 Å². The second-order valence-electron chi connectivity index (χ2n) is 3.81.